The van der Waals surface area contributed by atoms with E-state index in [0.717, 1.165) is 0 Å². The Balaban J connectivity index is 1.42. The van der Waals surface area contributed by atoms with Gasteiger partial charge >= 0.3 is 0 Å². The number of guanidine groups is 1. The number of amides is 3. The SMILES string of the molecule is N=C(N)NCCCCC(NC(=O)c1csc([C@@H]2C[C@@H](N)CN2C(=O)c2cn3cc(Cl)ccc3n2)n1)C(N)=O. The van der Waals surface area contributed by atoms with Gasteiger partial charge in [-0.1, -0.05) is 11.6 Å². The molecule has 202 valence electrons. The Bertz CT molecular complexity index is 1360. The van der Waals surface area contributed by atoms with Crippen molar-refractivity contribution in [1.29, 1.82) is 5.41 Å². The van der Waals surface area contributed by atoms with Crippen molar-refractivity contribution in [2.24, 2.45) is 17.2 Å². The molecule has 13 nitrogen and oxygen atoms in total. The Kier molecular flexibility index (Phi) is 8.44. The molecule has 0 spiro atoms. The van der Waals surface area contributed by atoms with Crippen LogP contribution >= 0.6 is 22.9 Å². The smallest absolute Gasteiger partial charge is 0.274 e. The van der Waals surface area contributed by atoms with E-state index in [-0.39, 0.29) is 29.3 Å². The lowest BCUT2D eigenvalue weighted by molar-refractivity contribution is -0.120. The van der Waals surface area contributed by atoms with Gasteiger partial charge in [-0.2, -0.15) is 0 Å². The number of fused-ring (bicyclic) bond motifs is 1. The normalized spacial score (nSPS) is 17.9. The number of imidazole rings is 1. The number of unbranched alkanes of at least 4 members (excludes halogenated alkanes) is 1. The van der Waals surface area contributed by atoms with Gasteiger partial charge in [-0.15, -0.1) is 11.3 Å². The highest BCUT2D eigenvalue weighted by Gasteiger charge is 2.38. The first kappa shape index (κ1) is 27.3. The Morgan fingerprint density at radius 1 is 1.18 bits per heavy atom. The van der Waals surface area contributed by atoms with Gasteiger partial charge in [-0.05, 0) is 37.8 Å². The number of nitrogens with zero attached hydrogens (tertiary/aromatic N) is 4. The molecule has 3 amide bonds. The number of aromatic nitrogens is 3. The van der Waals surface area contributed by atoms with E-state index in [1.807, 2.05) is 0 Å². The molecule has 9 N–H and O–H groups in total. The summed E-state index contributed by atoms with van der Waals surface area (Å²) in [6.07, 6.45) is 5.33. The lowest BCUT2D eigenvalue weighted by Crippen LogP contribution is -2.44. The summed E-state index contributed by atoms with van der Waals surface area (Å²) in [5, 5.41) is 15.1. The fourth-order valence-corrected chi connectivity index (χ4v) is 5.39. The molecule has 0 saturated carbocycles. The summed E-state index contributed by atoms with van der Waals surface area (Å²) >= 11 is 7.28. The topological polar surface area (TPSA) is 211 Å². The molecule has 4 heterocycles. The zero-order valence-electron chi connectivity index (χ0n) is 20.4. The second-order valence-electron chi connectivity index (χ2n) is 9.04. The van der Waals surface area contributed by atoms with E-state index in [2.05, 4.69) is 20.6 Å². The lowest BCUT2D eigenvalue weighted by atomic mass is 10.1. The van der Waals surface area contributed by atoms with Gasteiger partial charge in [0.2, 0.25) is 5.91 Å². The van der Waals surface area contributed by atoms with Crippen LogP contribution in [0.5, 0.6) is 0 Å². The van der Waals surface area contributed by atoms with Crippen molar-refractivity contribution in [3.05, 3.63) is 51.3 Å². The molecule has 0 bridgehead atoms. The molecule has 0 aliphatic carbocycles. The van der Waals surface area contributed by atoms with E-state index in [4.69, 9.17) is 34.2 Å². The Morgan fingerprint density at radius 2 is 1.97 bits per heavy atom. The van der Waals surface area contributed by atoms with Crippen molar-refractivity contribution in [2.75, 3.05) is 13.1 Å². The number of hydrogen-bond acceptors (Lipinski definition) is 8. The van der Waals surface area contributed by atoms with Crippen molar-refractivity contribution in [3.8, 4) is 0 Å². The van der Waals surface area contributed by atoms with Gasteiger partial charge in [0.25, 0.3) is 11.8 Å². The van der Waals surface area contributed by atoms with Crippen molar-refractivity contribution < 1.29 is 14.4 Å². The number of nitrogens with two attached hydrogens (primary N) is 3. The van der Waals surface area contributed by atoms with E-state index in [1.54, 1.807) is 39.2 Å². The molecule has 1 aliphatic rings. The highest BCUT2D eigenvalue weighted by molar-refractivity contribution is 7.09. The molecule has 1 saturated heterocycles. The van der Waals surface area contributed by atoms with E-state index in [0.29, 0.717) is 54.5 Å². The molecule has 4 rings (SSSR count). The van der Waals surface area contributed by atoms with Crippen LogP contribution in [0.4, 0.5) is 0 Å². The first-order valence-electron chi connectivity index (χ1n) is 12.0. The van der Waals surface area contributed by atoms with E-state index < -0.39 is 23.9 Å². The number of thiazole rings is 1. The third-order valence-corrected chi connectivity index (χ3v) is 7.32. The second kappa shape index (κ2) is 11.8. The molecule has 15 heteroatoms. The summed E-state index contributed by atoms with van der Waals surface area (Å²) in [5.74, 6) is -1.61. The van der Waals surface area contributed by atoms with Gasteiger partial charge in [0.1, 0.15) is 28.1 Å². The van der Waals surface area contributed by atoms with E-state index >= 15 is 0 Å². The highest BCUT2D eigenvalue weighted by atomic mass is 35.5. The van der Waals surface area contributed by atoms with Crippen LogP contribution in [0.1, 0.15) is 57.7 Å². The number of carbonyl (C=O) groups excluding carboxylic acids is 3. The molecular formula is C23H29ClN10O3S. The lowest BCUT2D eigenvalue weighted by Gasteiger charge is -2.21. The van der Waals surface area contributed by atoms with Crippen LogP contribution in [-0.4, -0.2) is 68.1 Å². The molecule has 1 aliphatic heterocycles. The predicted octanol–water partition coefficient (Wildman–Crippen LogP) is 0.596. The van der Waals surface area contributed by atoms with Crippen molar-refractivity contribution in [2.45, 2.75) is 43.8 Å². The van der Waals surface area contributed by atoms with Crippen molar-refractivity contribution >= 4 is 52.3 Å². The van der Waals surface area contributed by atoms with Gasteiger partial charge in [-0.3, -0.25) is 19.8 Å². The number of nitrogens with one attached hydrogen (secondary N) is 3. The quantitative estimate of drug-likeness (QED) is 0.117. The number of pyridine rings is 1. The molecule has 38 heavy (non-hydrogen) atoms. The van der Waals surface area contributed by atoms with Crippen LogP contribution in [0.2, 0.25) is 5.02 Å². The molecule has 3 aromatic heterocycles. The van der Waals surface area contributed by atoms with Crippen molar-refractivity contribution in [1.82, 2.24) is 29.9 Å². The fraction of sp³-hybridized carbons (Fsp3) is 0.391. The van der Waals surface area contributed by atoms with Crippen LogP contribution in [0, 0.1) is 5.41 Å². The maximum absolute atomic E-state index is 13.4. The fourth-order valence-electron chi connectivity index (χ4n) is 4.30. The predicted molar refractivity (Wildman–Crippen MR) is 143 cm³/mol. The zero-order valence-corrected chi connectivity index (χ0v) is 22.0. The Labute approximate surface area is 227 Å². The molecular weight excluding hydrogens is 532 g/mol. The van der Waals surface area contributed by atoms with Crippen LogP contribution in [0.25, 0.3) is 5.65 Å². The Morgan fingerprint density at radius 3 is 2.71 bits per heavy atom. The monoisotopic (exact) mass is 560 g/mol. The van der Waals surface area contributed by atoms with E-state index in [9.17, 15) is 14.4 Å². The number of rotatable bonds is 10. The summed E-state index contributed by atoms with van der Waals surface area (Å²) in [4.78, 5) is 48.6. The third kappa shape index (κ3) is 6.38. The first-order valence-corrected chi connectivity index (χ1v) is 13.2. The Hall–Kier alpha value is -3.75. The summed E-state index contributed by atoms with van der Waals surface area (Å²) in [5.41, 5.74) is 17.9. The minimum atomic E-state index is -0.869. The van der Waals surface area contributed by atoms with Crippen LogP contribution in [-0.2, 0) is 4.79 Å². The van der Waals surface area contributed by atoms with Gasteiger partial charge < -0.3 is 37.1 Å². The number of primary amides is 1. The summed E-state index contributed by atoms with van der Waals surface area (Å²) in [6, 6.07) is 1.88. The molecule has 1 unspecified atom stereocenters. The summed E-state index contributed by atoms with van der Waals surface area (Å²) < 4.78 is 1.68. The molecule has 1 fully saturated rings. The number of likely N-dealkylation sites (tertiary alicyclic amines) is 1. The number of hydrogen-bond donors (Lipinski definition) is 6. The maximum Gasteiger partial charge on any atom is 0.274 e. The molecule has 3 atom stereocenters. The van der Waals surface area contributed by atoms with Gasteiger partial charge in [0.15, 0.2) is 5.96 Å². The second-order valence-corrected chi connectivity index (χ2v) is 10.4. The first-order chi connectivity index (χ1) is 18.1. The average molecular weight is 561 g/mol. The van der Waals surface area contributed by atoms with Gasteiger partial charge in [-0.25, -0.2) is 9.97 Å². The number of carbonyl (C=O) groups is 3. The minimum absolute atomic E-state index is 0.129. The van der Waals surface area contributed by atoms with E-state index in [1.165, 1.54) is 11.3 Å². The third-order valence-electron chi connectivity index (χ3n) is 6.15. The largest absolute Gasteiger partial charge is 0.370 e. The molecule has 0 aromatic carbocycles. The standard InChI is InChI=1S/C23H29ClN10O3S/c24-12-4-5-18-30-15(10-33(18)8-12)22(37)34-9-13(25)7-17(34)21-32-16(11-38-21)20(36)31-14(19(26)35)3-1-2-6-29-23(27)28/h4-5,8,10-11,13-14,17H,1-3,6-7,9,25H2,(H2,26,35)(H,31,36)(H4,27,28,29)/t13-,14?,17+/m1/s1. The maximum atomic E-state index is 13.4. The van der Waals surface area contributed by atoms with Crippen LogP contribution in [0.3, 0.4) is 0 Å². The van der Waals surface area contributed by atoms with Gasteiger partial charge in [0, 0.05) is 36.9 Å². The summed E-state index contributed by atoms with van der Waals surface area (Å²) in [6.45, 7) is 0.799. The molecule has 0 radical (unpaired) electrons. The van der Waals surface area contributed by atoms with Crippen LogP contribution < -0.4 is 27.8 Å². The van der Waals surface area contributed by atoms with Crippen LogP contribution in [0.15, 0.2) is 29.9 Å². The highest BCUT2D eigenvalue weighted by Crippen LogP contribution is 2.34. The zero-order chi connectivity index (χ0) is 27.4. The average Bonchev–Trinajstić information content (AvgIpc) is 3.59. The van der Waals surface area contributed by atoms with Gasteiger partial charge in [0.05, 0.1) is 11.1 Å². The van der Waals surface area contributed by atoms with Crippen molar-refractivity contribution in [3.63, 3.8) is 0 Å². The molecule has 3 aromatic rings. The number of halogens is 1. The minimum Gasteiger partial charge on any atom is -0.370 e. The summed E-state index contributed by atoms with van der Waals surface area (Å²) in [7, 11) is 0.